The second-order valence-electron chi connectivity index (χ2n) is 7.07. The van der Waals surface area contributed by atoms with Crippen LogP contribution in [0.4, 0.5) is 0 Å². The Hall–Kier alpha value is -2.60. The summed E-state index contributed by atoms with van der Waals surface area (Å²) in [5.74, 6) is 1.51. The number of nitrogens with zero attached hydrogens (tertiary/aromatic N) is 3. The second-order valence-corrected chi connectivity index (χ2v) is 8.38. The van der Waals surface area contributed by atoms with Crippen molar-refractivity contribution in [1.29, 1.82) is 0 Å². The van der Waals surface area contributed by atoms with Crippen molar-refractivity contribution in [2.75, 3.05) is 6.54 Å². The fourth-order valence-corrected chi connectivity index (χ4v) is 4.01. The molecule has 1 aliphatic rings. The summed E-state index contributed by atoms with van der Waals surface area (Å²) < 4.78 is 2.11. The van der Waals surface area contributed by atoms with E-state index in [1.54, 1.807) is 0 Å². The zero-order chi connectivity index (χ0) is 19.3. The third-order valence-electron chi connectivity index (χ3n) is 4.82. The molecule has 0 aliphatic heterocycles. The van der Waals surface area contributed by atoms with E-state index in [9.17, 15) is 4.79 Å². The molecule has 0 radical (unpaired) electrons. The van der Waals surface area contributed by atoms with Crippen molar-refractivity contribution >= 4 is 17.7 Å². The van der Waals surface area contributed by atoms with E-state index in [4.69, 9.17) is 0 Å². The Morgan fingerprint density at radius 1 is 1.11 bits per heavy atom. The number of amides is 1. The maximum Gasteiger partial charge on any atom is 0.233 e. The van der Waals surface area contributed by atoms with E-state index in [1.807, 2.05) is 43.3 Å². The molecule has 144 valence electrons. The van der Waals surface area contributed by atoms with E-state index >= 15 is 0 Å². The number of aromatic nitrogens is 3. The number of para-hydroxylation sites is 1. The van der Waals surface area contributed by atoms with E-state index < -0.39 is 0 Å². The van der Waals surface area contributed by atoms with Gasteiger partial charge in [-0.15, -0.1) is 10.2 Å². The molecule has 1 saturated carbocycles. The van der Waals surface area contributed by atoms with E-state index in [0.717, 1.165) is 35.9 Å². The lowest BCUT2D eigenvalue weighted by molar-refractivity contribution is -0.120. The summed E-state index contributed by atoms with van der Waals surface area (Å²) in [6.07, 6.45) is 3.15. The molecule has 4 rings (SSSR count). The smallest absolute Gasteiger partial charge is 0.233 e. The summed E-state index contributed by atoms with van der Waals surface area (Å²) in [6.45, 7) is 2.55. The Kier molecular flexibility index (Phi) is 5.76. The van der Waals surface area contributed by atoms with Crippen LogP contribution < -0.4 is 5.32 Å². The van der Waals surface area contributed by atoms with Gasteiger partial charge in [-0.3, -0.25) is 9.36 Å². The maximum atomic E-state index is 12.5. The van der Waals surface area contributed by atoms with Crippen LogP contribution in [0.25, 0.3) is 5.69 Å². The number of hydrogen-bond acceptors (Lipinski definition) is 4. The van der Waals surface area contributed by atoms with Gasteiger partial charge in [0.2, 0.25) is 5.91 Å². The Labute approximate surface area is 169 Å². The highest BCUT2D eigenvalue weighted by Gasteiger charge is 2.31. The zero-order valence-electron chi connectivity index (χ0n) is 15.9. The van der Waals surface area contributed by atoms with Crippen LogP contribution in [0.5, 0.6) is 0 Å². The molecule has 0 spiro atoms. The number of carbonyl (C=O) groups excluding carboxylic acids is 1. The van der Waals surface area contributed by atoms with Gasteiger partial charge in [-0.05, 0) is 43.9 Å². The van der Waals surface area contributed by atoms with E-state index in [-0.39, 0.29) is 11.2 Å². The maximum absolute atomic E-state index is 12.5. The van der Waals surface area contributed by atoms with Gasteiger partial charge >= 0.3 is 0 Å². The van der Waals surface area contributed by atoms with Crippen LogP contribution in [0.15, 0.2) is 65.8 Å². The molecular weight excluding hydrogens is 368 g/mol. The van der Waals surface area contributed by atoms with Gasteiger partial charge in [-0.1, -0.05) is 60.3 Å². The lowest BCUT2D eigenvalue weighted by Gasteiger charge is -2.14. The normalized spacial score (nSPS) is 14.6. The molecule has 1 aromatic heterocycles. The van der Waals surface area contributed by atoms with Gasteiger partial charge < -0.3 is 5.32 Å². The fourth-order valence-electron chi connectivity index (χ4n) is 3.11. The molecule has 1 aliphatic carbocycles. The summed E-state index contributed by atoms with van der Waals surface area (Å²) in [5, 5.41) is 12.4. The molecule has 1 fully saturated rings. The van der Waals surface area contributed by atoms with E-state index in [2.05, 4.69) is 44.3 Å². The molecule has 0 saturated heterocycles. The first-order valence-electron chi connectivity index (χ1n) is 9.71. The summed E-state index contributed by atoms with van der Waals surface area (Å²) >= 11 is 1.46. The highest BCUT2D eigenvalue weighted by atomic mass is 32.2. The summed E-state index contributed by atoms with van der Waals surface area (Å²) in [6, 6.07) is 20.3. The zero-order valence-corrected chi connectivity index (χ0v) is 16.7. The van der Waals surface area contributed by atoms with Crippen LogP contribution in [-0.2, 0) is 11.2 Å². The highest BCUT2D eigenvalue weighted by molar-refractivity contribution is 8.00. The number of nitrogens with one attached hydrogen (secondary N) is 1. The lowest BCUT2D eigenvalue weighted by Crippen LogP contribution is -2.32. The van der Waals surface area contributed by atoms with Crippen LogP contribution >= 0.6 is 11.8 Å². The van der Waals surface area contributed by atoms with Crippen molar-refractivity contribution in [3.8, 4) is 5.69 Å². The quantitative estimate of drug-likeness (QED) is 0.589. The predicted octanol–water partition coefficient (Wildman–Crippen LogP) is 3.98. The first kappa shape index (κ1) is 18.7. The SMILES string of the molecule is CC(Sc1nnc(C2CC2)n1-c1ccccc1)C(=O)NCCc1ccccc1. The van der Waals surface area contributed by atoms with Gasteiger partial charge in [0.15, 0.2) is 5.16 Å². The average molecular weight is 393 g/mol. The van der Waals surface area contributed by atoms with E-state index in [1.165, 1.54) is 17.3 Å². The highest BCUT2D eigenvalue weighted by Crippen LogP contribution is 2.41. The molecule has 1 N–H and O–H groups in total. The molecule has 28 heavy (non-hydrogen) atoms. The molecule has 1 amide bonds. The van der Waals surface area contributed by atoms with Crippen molar-refractivity contribution in [3.05, 3.63) is 72.1 Å². The number of rotatable bonds is 8. The van der Waals surface area contributed by atoms with Crippen molar-refractivity contribution < 1.29 is 4.79 Å². The van der Waals surface area contributed by atoms with Crippen molar-refractivity contribution in [2.45, 2.75) is 42.5 Å². The predicted molar refractivity (Wildman–Crippen MR) is 112 cm³/mol. The number of hydrogen-bond donors (Lipinski definition) is 1. The summed E-state index contributed by atoms with van der Waals surface area (Å²) in [7, 11) is 0. The van der Waals surface area contributed by atoms with Crippen LogP contribution in [-0.4, -0.2) is 32.5 Å². The van der Waals surface area contributed by atoms with Crippen LogP contribution in [0.2, 0.25) is 0 Å². The largest absolute Gasteiger partial charge is 0.355 e. The molecule has 3 aromatic rings. The molecule has 0 bridgehead atoms. The Morgan fingerprint density at radius 2 is 1.79 bits per heavy atom. The minimum absolute atomic E-state index is 0.0246. The Bertz CT molecular complexity index is 922. The van der Waals surface area contributed by atoms with Gasteiger partial charge in [0.1, 0.15) is 5.82 Å². The monoisotopic (exact) mass is 392 g/mol. The molecule has 5 nitrogen and oxygen atoms in total. The third-order valence-corrected chi connectivity index (χ3v) is 5.87. The Balaban J connectivity index is 1.41. The standard InChI is InChI=1S/C22H24N4OS/c1-16(21(27)23-15-14-17-8-4-2-5-9-17)28-22-25-24-20(18-12-13-18)26(22)19-10-6-3-7-11-19/h2-11,16,18H,12-15H2,1H3,(H,23,27). The van der Waals surface area contributed by atoms with Crippen LogP contribution in [0, 0.1) is 0 Å². The number of thioether (sulfide) groups is 1. The molecule has 1 unspecified atom stereocenters. The van der Waals surface area contributed by atoms with Gasteiger partial charge in [0.25, 0.3) is 0 Å². The van der Waals surface area contributed by atoms with Crippen molar-refractivity contribution in [3.63, 3.8) is 0 Å². The number of benzene rings is 2. The van der Waals surface area contributed by atoms with E-state index in [0.29, 0.717) is 12.5 Å². The second kappa shape index (κ2) is 8.61. The first-order chi connectivity index (χ1) is 13.7. The number of carbonyl (C=O) groups is 1. The molecule has 1 heterocycles. The van der Waals surface area contributed by atoms with Gasteiger partial charge in [0, 0.05) is 18.2 Å². The summed E-state index contributed by atoms with van der Waals surface area (Å²) in [5.41, 5.74) is 2.27. The van der Waals surface area contributed by atoms with Crippen LogP contribution in [0.1, 0.15) is 37.1 Å². The minimum Gasteiger partial charge on any atom is -0.355 e. The Morgan fingerprint density at radius 3 is 2.46 bits per heavy atom. The summed E-state index contributed by atoms with van der Waals surface area (Å²) in [4.78, 5) is 12.5. The third kappa shape index (κ3) is 4.44. The van der Waals surface area contributed by atoms with Gasteiger partial charge in [-0.2, -0.15) is 0 Å². The van der Waals surface area contributed by atoms with Gasteiger partial charge in [0.05, 0.1) is 5.25 Å². The van der Waals surface area contributed by atoms with Gasteiger partial charge in [-0.25, -0.2) is 0 Å². The molecule has 1 atom stereocenters. The van der Waals surface area contributed by atoms with Crippen molar-refractivity contribution in [2.24, 2.45) is 0 Å². The lowest BCUT2D eigenvalue weighted by atomic mass is 10.1. The van der Waals surface area contributed by atoms with Crippen molar-refractivity contribution in [1.82, 2.24) is 20.1 Å². The first-order valence-corrected chi connectivity index (χ1v) is 10.6. The fraction of sp³-hybridized carbons (Fsp3) is 0.318. The minimum atomic E-state index is -0.241. The molecule has 6 heteroatoms. The topological polar surface area (TPSA) is 59.8 Å². The molecule has 2 aromatic carbocycles. The molecular formula is C22H24N4OS. The average Bonchev–Trinajstić information content (AvgIpc) is 3.49. The van der Waals surface area contributed by atoms with Crippen LogP contribution in [0.3, 0.4) is 0 Å².